The summed E-state index contributed by atoms with van der Waals surface area (Å²) in [6, 6.07) is 0. The Morgan fingerprint density at radius 1 is 0.895 bits per heavy atom. The number of rotatable bonds is 12. The molecule has 0 atom stereocenters. The van der Waals surface area contributed by atoms with Gasteiger partial charge in [-0.25, -0.2) is 4.79 Å². The van der Waals surface area contributed by atoms with Crippen molar-refractivity contribution in [1.29, 1.82) is 0 Å². The molecule has 0 N–H and O–H groups in total. The average molecular weight is 273 g/mol. The number of carbonyl (C=O) groups excluding carboxylic acids is 1. The molecule has 1 amide bonds. The summed E-state index contributed by atoms with van der Waals surface area (Å²) in [5.74, 6) is 0. The highest BCUT2D eigenvalue weighted by Gasteiger charge is 2.07. The standard InChI is InChI=1S/C15H31NO3/c1-4-5-6-7-8-9-10-11-12-13-14-19-15(17)16(2)18-3/h4-14H2,1-3H3. The molecule has 0 saturated carbocycles. The van der Waals surface area contributed by atoms with E-state index in [0.717, 1.165) is 17.9 Å². The maximum Gasteiger partial charge on any atom is 0.433 e. The SMILES string of the molecule is CCCCCCCCCCCCOC(=O)N(C)OC. The second-order valence-corrected chi connectivity index (χ2v) is 4.98. The van der Waals surface area contributed by atoms with Crippen LogP contribution < -0.4 is 0 Å². The Kier molecular flexibility index (Phi) is 13.1. The Bertz CT molecular complexity index is 210. The summed E-state index contributed by atoms with van der Waals surface area (Å²) < 4.78 is 5.03. The molecule has 0 aliphatic carbocycles. The number of nitrogens with zero attached hydrogens (tertiary/aromatic N) is 1. The number of ether oxygens (including phenoxy) is 1. The van der Waals surface area contributed by atoms with E-state index in [1.165, 1.54) is 58.5 Å². The van der Waals surface area contributed by atoms with Crippen LogP contribution in [0.5, 0.6) is 0 Å². The van der Waals surface area contributed by atoms with Gasteiger partial charge in [0.05, 0.1) is 13.7 Å². The summed E-state index contributed by atoms with van der Waals surface area (Å²) in [6.07, 6.45) is 12.4. The Morgan fingerprint density at radius 3 is 1.84 bits per heavy atom. The highest BCUT2D eigenvalue weighted by molar-refractivity contribution is 5.65. The van der Waals surface area contributed by atoms with Crippen LogP contribution in [0.2, 0.25) is 0 Å². The predicted molar refractivity (Wildman–Crippen MR) is 78.0 cm³/mol. The second-order valence-electron chi connectivity index (χ2n) is 4.98. The maximum absolute atomic E-state index is 11.2. The Labute approximate surface area is 118 Å². The molecule has 114 valence electrons. The lowest BCUT2D eigenvalue weighted by Crippen LogP contribution is -2.26. The van der Waals surface area contributed by atoms with Crippen molar-refractivity contribution in [2.75, 3.05) is 20.8 Å². The van der Waals surface area contributed by atoms with Crippen LogP contribution in [0.1, 0.15) is 71.1 Å². The monoisotopic (exact) mass is 273 g/mol. The molecule has 0 aromatic heterocycles. The zero-order valence-corrected chi connectivity index (χ0v) is 13.0. The van der Waals surface area contributed by atoms with Gasteiger partial charge in [-0.3, -0.25) is 4.84 Å². The van der Waals surface area contributed by atoms with Crippen molar-refractivity contribution >= 4 is 6.09 Å². The van der Waals surface area contributed by atoms with E-state index in [1.807, 2.05) is 0 Å². The third-order valence-electron chi connectivity index (χ3n) is 3.25. The van der Waals surface area contributed by atoms with Crippen LogP contribution in [0.3, 0.4) is 0 Å². The fraction of sp³-hybridized carbons (Fsp3) is 0.933. The molecule has 0 aromatic rings. The summed E-state index contributed by atoms with van der Waals surface area (Å²) >= 11 is 0. The van der Waals surface area contributed by atoms with E-state index in [0.29, 0.717) is 6.61 Å². The minimum absolute atomic E-state index is 0.418. The fourth-order valence-electron chi connectivity index (χ4n) is 1.91. The van der Waals surface area contributed by atoms with E-state index in [9.17, 15) is 4.79 Å². The first-order valence-electron chi connectivity index (χ1n) is 7.67. The topological polar surface area (TPSA) is 38.8 Å². The van der Waals surface area contributed by atoms with Gasteiger partial charge in [0.25, 0.3) is 0 Å². The first-order chi connectivity index (χ1) is 9.22. The van der Waals surface area contributed by atoms with Crippen LogP contribution in [-0.2, 0) is 9.57 Å². The van der Waals surface area contributed by atoms with Crippen molar-refractivity contribution in [2.24, 2.45) is 0 Å². The number of carbonyl (C=O) groups is 1. The fourth-order valence-corrected chi connectivity index (χ4v) is 1.91. The van der Waals surface area contributed by atoms with E-state index in [-0.39, 0.29) is 0 Å². The quantitative estimate of drug-likeness (QED) is 0.387. The third kappa shape index (κ3) is 12.0. The number of amides is 1. The van der Waals surface area contributed by atoms with E-state index >= 15 is 0 Å². The molecule has 4 nitrogen and oxygen atoms in total. The van der Waals surface area contributed by atoms with Gasteiger partial charge in [0.15, 0.2) is 0 Å². The Hall–Kier alpha value is -0.770. The van der Waals surface area contributed by atoms with E-state index < -0.39 is 6.09 Å². The maximum atomic E-state index is 11.2. The van der Waals surface area contributed by atoms with Crippen LogP contribution in [0, 0.1) is 0 Å². The predicted octanol–water partition coefficient (Wildman–Crippen LogP) is 4.54. The summed E-state index contributed by atoms with van der Waals surface area (Å²) in [4.78, 5) is 15.9. The largest absolute Gasteiger partial charge is 0.448 e. The molecule has 0 bridgehead atoms. The van der Waals surface area contributed by atoms with Gasteiger partial charge in [0, 0.05) is 7.05 Å². The van der Waals surface area contributed by atoms with Crippen molar-refractivity contribution in [3.8, 4) is 0 Å². The number of hydrogen-bond donors (Lipinski definition) is 0. The molecule has 0 aliphatic heterocycles. The molecule has 19 heavy (non-hydrogen) atoms. The van der Waals surface area contributed by atoms with Crippen LogP contribution in [0.25, 0.3) is 0 Å². The van der Waals surface area contributed by atoms with Gasteiger partial charge < -0.3 is 4.74 Å². The van der Waals surface area contributed by atoms with Gasteiger partial charge in [-0.15, -0.1) is 0 Å². The molecule has 0 heterocycles. The molecule has 0 spiro atoms. The van der Waals surface area contributed by atoms with Crippen molar-refractivity contribution in [3.05, 3.63) is 0 Å². The van der Waals surface area contributed by atoms with Gasteiger partial charge in [-0.05, 0) is 6.42 Å². The molecule has 0 aliphatic rings. The number of hydrogen-bond acceptors (Lipinski definition) is 3. The minimum atomic E-state index is -0.418. The zero-order valence-electron chi connectivity index (χ0n) is 13.0. The van der Waals surface area contributed by atoms with Crippen LogP contribution in [0.4, 0.5) is 4.79 Å². The van der Waals surface area contributed by atoms with Gasteiger partial charge in [0.2, 0.25) is 0 Å². The van der Waals surface area contributed by atoms with Crippen molar-refractivity contribution in [3.63, 3.8) is 0 Å². The lowest BCUT2D eigenvalue weighted by Gasteiger charge is -2.13. The van der Waals surface area contributed by atoms with Gasteiger partial charge in [0.1, 0.15) is 0 Å². The molecule has 0 saturated heterocycles. The summed E-state index contributed by atoms with van der Waals surface area (Å²) in [6.45, 7) is 2.74. The lowest BCUT2D eigenvalue weighted by atomic mass is 10.1. The third-order valence-corrected chi connectivity index (χ3v) is 3.25. The number of unbranched alkanes of at least 4 members (excludes halogenated alkanes) is 9. The van der Waals surface area contributed by atoms with E-state index in [2.05, 4.69) is 6.92 Å². The average Bonchev–Trinajstić information content (AvgIpc) is 2.43. The lowest BCUT2D eigenvalue weighted by molar-refractivity contribution is -0.0905. The van der Waals surface area contributed by atoms with Gasteiger partial charge in [-0.1, -0.05) is 64.7 Å². The molecule has 4 heteroatoms. The van der Waals surface area contributed by atoms with Crippen molar-refractivity contribution in [2.45, 2.75) is 71.1 Å². The van der Waals surface area contributed by atoms with Crippen molar-refractivity contribution < 1.29 is 14.4 Å². The summed E-state index contributed by atoms with van der Waals surface area (Å²) in [7, 11) is 2.99. The van der Waals surface area contributed by atoms with Gasteiger partial charge >= 0.3 is 6.09 Å². The normalized spacial score (nSPS) is 10.5. The molecule has 0 radical (unpaired) electrons. The van der Waals surface area contributed by atoms with Crippen LogP contribution >= 0.6 is 0 Å². The number of hydroxylamine groups is 2. The molecule has 0 rings (SSSR count). The first-order valence-corrected chi connectivity index (χ1v) is 7.67. The van der Waals surface area contributed by atoms with E-state index in [4.69, 9.17) is 9.57 Å². The first kappa shape index (κ1) is 18.2. The van der Waals surface area contributed by atoms with Crippen LogP contribution in [0.15, 0.2) is 0 Å². The molecule has 0 unspecified atom stereocenters. The highest BCUT2D eigenvalue weighted by Crippen LogP contribution is 2.10. The molecule has 0 aromatic carbocycles. The zero-order chi connectivity index (χ0) is 14.3. The summed E-state index contributed by atoms with van der Waals surface area (Å²) in [5.41, 5.74) is 0. The van der Waals surface area contributed by atoms with Crippen molar-refractivity contribution in [1.82, 2.24) is 5.06 Å². The Morgan fingerprint density at radius 2 is 1.37 bits per heavy atom. The minimum Gasteiger partial charge on any atom is -0.448 e. The second kappa shape index (κ2) is 13.7. The van der Waals surface area contributed by atoms with Gasteiger partial charge in [-0.2, -0.15) is 5.06 Å². The highest BCUT2D eigenvalue weighted by atomic mass is 16.7. The smallest absolute Gasteiger partial charge is 0.433 e. The molecular formula is C15H31NO3. The summed E-state index contributed by atoms with van der Waals surface area (Å²) in [5, 5.41) is 1.09. The van der Waals surface area contributed by atoms with E-state index in [1.54, 1.807) is 7.05 Å². The molecular weight excluding hydrogens is 242 g/mol. The Balaban J connectivity index is 3.13. The molecule has 0 fully saturated rings. The van der Waals surface area contributed by atoms with Crippen LogP contribution in [-0.4, -0.2) is 31.9 Å².